The molecule has 1 unspecified atom stereocenters. The first-order valence-electron chi connectivity index (χ1n) is 7.08. The molecule has 0 bridgehead atoms. The van der Waals surface area contributed by atoms with Crippen LogP contribution >= 0.6 is 0 Å². The van der Waals surface area contributed by atoms with Gasteiger partial charge in [-0.2, -0.15) is 0 Å². The smallest absolute Gasteiger partial charge is 0.335 e. The molecule has 1 heterocycles. The molecule has 1 atom stereocenters. The molecule has 0 fully saturated rings. The number of halogens is 1. The Hall–Kier alpha value is -2.62. The van der Waals surface area contributed by atoms with Gasteiger partial charge in [0.25, 0.3) is 0 Å². The van der Waals surface area contributed by atoms with Crippen LogP contribution < -0.4 is 4.74 Å². The predicted molar refractivity (Wildman–Crippen MR) is 81.2 cm³/mol. The van der Waals surface area contributed by atoms with E-state index in [0.717, 1.165) is 5.56 Å². The van der Waals surface area contributed by atoms with Crippen molar-refractivity contribution in [1.29, 1.82) is 0 Å². The minimum Gasteiger partial charge on any atom is -0.485 e. The highest BCUT2D eigenvalue weighted by molar-refractivity contribution is 5.94. The number of aryl methyl sites for hydroxylation is 1. The second-order valence-electron chi connectivity index (χ2n) is 5.22. The van der Waals surface area contributed by atoms with Crippen LogP contribution in [0.4, 0.5) is 4.39 Å². The lowest BCUT2D eigenvalue weighted by molar-refractivity contribution is -0.133. The van der Waals surface area contributed by atoms with E-state index in [9.17, 15) is 14.3 Å². The van der Waals surface area contributed by atoms with Crippen LogP contribution in [0.2, 0.25) is 0 Å². The molecule has 4 heteroatoms. The van der Waals surface area contributed by atoms with E-state index in [1.807, 2.05) is 30.3 Å². The van der Waals surface area contributed by atoms with Crippen LogP contribution in [0.25, 0.3) is 6.08 Å². The van der Waals surface area contributed by atoms with E-state index in [-0.39, 0.29) is 5.57 Å². The average molecular weight is 298 g/mol. The molecule has 1 N–H and O–H groups in total. The summed E-state index contributed by atoms with van der Waals surface area (Å²) < 4.78 is 19.0. The maximum absolute atomic E-state index is 13.3. The van der Waals surface area contributed by atoms with E-state index in [0.29, 0.717) is 24.2 Å². The Bertz CT molecular complexity index is 722. The number of benzene rings is 2. The lowest BCUT2D eigenvalue weighted by atomic mass is 9.96. The molecule has 0 spiro atoms. The highest BCUT2D eigenvalue weighted by atomic mass is 19.1. The van der Waals surface area contributed by atoms with Gasteiger partial charge in [-0.15, -0.1) is 0 Å². The molecule has 0 aliphatic carbocycles. The Morgan fingerprint density at radius 1 is 1.18 bits per heavy atom. The van der Waals surface area contributed by atoms with E-state index >= 15 is 0 Å². The Morgan fingerprint density at radius 2 is 1.95 bits per heavy atom. The lowest BCUT2D eigenvalue weighted by Crippen LogP contribution is -2.27. The normalized spacial score (nSPS) is 16.4. The van der Waals surface area contributed by atoms with Crippen LogP contribution in [0, 0.1) is 5.82 Å². The molecule has 2 aromatic carbocycles. The summed E-state index contributed by atoms with van der Waals surface area (Å²) in [7, 11) is 0. The zero-order chi connectivity index (χ0) is 15.5. The summed E-state index contributed by atoms with van der Waals surface area (Å²) in [6, 6.07) is 14.0. The average Bonchev–Trinajstić information content (AvgIpc) is 2.53. The van der Waals surface area contributed by atoms with E-state index in [1.165, 1.54) is 24.3 Å². The van der Waals surface area contributed by atoms with Gasteiger partial charge in [0.1, 0.15) is 17.7 Å². The molecule has 0 amide bonds. The number of carboxylic acid groups (broad SMARTS) is 1. The van der Waals surface area contributed by atoms with Crippen molar-refractivity contribution in [3.8, 4) is 5.75 Å². The third kappa shape index (κ3) is 3.01. The molecule has 0 saturated carbocycles. The minimum atomic E-state index is -1.03. The molecule has 0 saturated heterocycles. The fourth-order valence-electron chi connectivity index (χ4n) is 2.57. The summed E-state index contributed by atoms with van der Waals surface area (Å²) in [4.78, 5) is 11.4. The van der Waals surface area contributed by atoms with Crippen molar-refractivity contribution < 1.29 is 19.0 Å². The van der Waals surface area contributed by atoms with Gasteiger partial charge in [0.15, 0.2) is 0 Å². The second-order valence-corrected chi connectivity index (χ2v) is 5.22. The first-order chi connectivity index (χ1) is 10.6. The van der Waals surface area contributed by atoms with Crippen LogP contribution in [0.15, 0.2) is 54.1 Å². The third-order valence-corrected chi connectivity index (χ3v) is 3.68. The van der Waals surface area contributed by atoms with Gasteiger partial charge in [-0.1, -0.05) is 30.3 Å². The van der Waals surface area contributed by atoms with Gasteiger partial charge in [0, 0.05) is 5.56 Å². The monoisotopic (exact) mass is 298 g/mol. The number of fused-ring (bicyclic) bond motifs is 1. The number of ether oxygens (including phenoxy) is 1. The Balaban J connectivity index is 1.83. The van der Waals surface area contributed by atoms with Crippen LogP contribution in [-0.2, 0) is 11.2 Å². The van der Waals surface area contributed by atoms with Gasteiger partial charge < -0.3 is 9.84 Å². The van der Waals surface area contributed by atoms with Crippen molar-refractivity contribution >= 4 is 12.0 Å². The van der Waals surface area contributed by atoms with Crippen molar-refractivity contribution in [3.63, 3.8) is 0 Å². The molecular formula is C18H15FO3. The lowest BCUT2D eigenvalue weighted by Gasteiger charge is -2.25. The van der Waals surface area contributed by atoms with Gasteiger partial charge in [0.05, 0.1) is 5.57 Å². The highest BCUT2D eigenvalue weighted by Gasteiger charge is 2.27. The number of carboxylic acids is 1. The van der Waals surface area contributed by atoms with Crippen molar-refractivity contribution in [2.45, 2.75) is 18.9 Å². The number of aliphatic carboxylic acids is 1. The van der Waals surface area contributed by atoms with Crippen LogP contribution in [-0.4, -0.2) is 17.2 Å². The maximum atomic E-state index is 13.3. The summed E-state index contributed by atoms with van der Waals surface area (Å²) >= 11 is 0. The second kappa shape index (κ2) is 6.02. The summed E-state index contributed by atoms with van der Waals surface area (Å²) in [5.41, 5.74) is 1.75. The molecule has 22 heavy (non-hydrogen) atoms. The van der Waals surface area contributed by atoms with Crippen molar-refractivity contribution in [2.75, 3.05) is 0 Å². The molecule has 1 aliphatic rings. The summed E-state index contributed by atoms with van der Waals surface area (Å²) in [6.07, 6.45) is 2.24. The summed E-state index contributed by atoms with van der Waals surface area (Å²) in [5, 5.41) is 9.36. The molecule has 0 radical (unpaired) electrons. The molecule has 3 rings (SSSR count). The molecule has 2 aromatic rings. The summed E-state index contributed by atoms with van der Waals surface area (Å²) in [5.74, 6) is -0.927. The fraction of sp³-hybridized carbons (Fsp3) is 0.167. The van der Waals surface area contributed by atoms with E-state index < -0.39 is 17.9 Å². The number of hydrogen-bond donors (Lipinski definition) is 1. The largest absolute Gasteiger partial charge is 0.485 e. The minimum absolute atomic E-state index is 0.161. The highest BCUT2D eigenvalue weighted by Crippen LogP contribution is 2.32. The zero-order valence-electron chi connectivity index (χ0n) is 11.8. The number of carbonyl (C=O) groups is 1. The predicted octanol–water partition coefficient (Wildman–Crippen LogP) is 3.69. The third-order valence-electron chi connectivity index (χ3n) is 3.68. The van der Waals surface area contributed by atoms with Crippen molar-refractivity contribution in [3.05, 3.63) is 71.0 Å². The van der Waals surface area contributed by atoms with Crippen molar-refractivity contribution in [1.82, 2.24) is 0 Å². The van der Waals surface area contributed by atoms with E-state index in [1.54, 1.807) is 0 Å². The van der Waals surface area contributed by atoms with Gasteiger partial charge in [-0.3, -0.25) is 0 Å². The Morgan fingerprint density at radius 3 is 2.68 bits per heavy atom. The first-order valence-corrected chi connectivity index (χ1v) is 7.08. The standard InChI is InChI=1S/C18H15FO3/c19-14-7-9-16-13(10-14)11-15(18(20)21)17(22-16)8-6-12-4-2-1-3-5-12/h1-5,7,9-11,17H,6,8H2,(H,20,21). The SMILES string of the molecule is O=C(O)C1=Cc2cc(F)ccc2OC1CCc1ccccc1. The topological polar surface area (TPSA) is 46.5 Å². The fourth-order valence-corrected chi connectivity index (χ4v) is 2.57. The Labute approximate surface area is 127 Å². The van der Waals surface area contributed by atoms with Gasteiger partial charge >= 0.3 is 5.97 Å². The molecular weight excluding hydrogens is 283 g/mol. The number of rotatable bonds is 4. The Kier molecular flexibility index (Phi) is 3.92. The molecule has 112 valence electrons. The quantitative estimate of drug-likeness (QED) is 0.936. The van der Waals surface area contributed by atoms with Gasteiger partial charge in [0.2, 0.25) is 0 Å². The van der Waals surface area contributed by atoms with Gasteiger partial charge in [-0.05, 0) is 42.7 Å². The zero-order valence-corrected chi connectivity index (χ0v) is 11.8. The van der Waals surface area contributed by atoms with Crippen molar-refractivity contribution in [2.24, 2.45) is 0 Å². The van der Waals surface area contributed by atoms with Crippen LogP contribution in [0.5, 0.6) is 5.75 Å². The maximum Gasteiger partial charge on any atom is 0.335 e. The molecule has 1 aliphatic heterocycles. The van der Waals surface area contributed by atoms with Crippen LogP contribution in [0.3, 0.4) is 0 Å². The molecule has 3 nitrogen and oxygen atoms in total. The molecule has 0 aromatic heterocycles. The van der Waals surface area contributed by atoms with Crippen LogP contribution in [0.1, 0.15) is 17.5 Å². The number of hydrogen-bond acceptors (Lipinski definition) is 2. The first kappa shape index (κ1) is 14.3. The van der Waals surface area contributed by atoms with E-state index in [4.69, 9.17) is 4.74 Å². The van der Waals surface area contributed by atoms with E-state index in [2.05, 4.69) is 0 Å². The van der Waals surface area contributed by atoms with Gasteiger partial charge in [-0.25, -0.2) is 9.18 Å². The summed E-state index contributed by atoms with van der Waals surface area (Å²) in [6.45, 7) is 0.